The zero-order chi connectivity index (χ0) is 34.5. The third-order valence-corrected chi connectivity index (χ3v) is 11.6. The number of alkyl halides is 3. The third-order valence-electron chi connectivity index (χ3n) is 10.9. The van der Waals surface area contributed by atoms with Crippen molar-refractivity contribution in [3.63, 3.8) is 0 Å². The summed E-state index contributed by atoms with van der Waals surface area (Å²) >= 11 is 3.13. The van der Waals surface area contributed by atoms with E-state index in [9.17, 15) is 27.6 Å². The van der Waals surface area contributed by atoms with Crippen molar-refractivity contribution >= 4 is 45.4 Å². The Bertz CT molecular complexity index is 1600. The largest absolute Gasteiger partial charge is 0.438 e. The molecule has 5 saturated heterocycles. The van der Waals surface area contributed by atoms with Crippen LogP contribution in [0.15, 0.2) is 40.9 Å². The number of anilines is 2. The van der Waals surface area contributed by atoms with Gasteiger partial charge < -0.3 is 29.9 Å². The fraction of sp³-hybridized carbons (Fsp3) is 0.559. The van der Waals surface area contributed by atoms with Crippen LogP contribution in [0.3, 0.4) is 0 Å². The van der Waals surface area contributed by atoms with Crippen LogP contribution >= 0.6 is 15.9 Å². The van der Waals surface area contributed by atoms with Gasteiger partial charge in [-0.3, -0.25) is 15.0 Å². The van der Waals surface area contributed by atoms with Gasteiger partial charge in [0.2, 0.25) is 0 Å². The van der Waals surface area contributed by atoms with Crippen LogP contribution in [0.5, 0.6) is 0 Å². The predicted octanol–water partition coefficient (Wildman–Crippen LogP) is 4.89. The van der Waals surface area contributed by atoms with Gasteiger partial charge in [-0.25, -0.2) is 9.59 Å². The summed E-state index contributed by atoms with van der Waals surface area (Å²) in [5.74, 6) is 0.205. The van der Waals surface area contributed by atoms with E-state index in [1.54, 1.807) is 11.0 Å². The van der Waals surface area contributed by atoms with E-state index in [0.29, 0.717) is 56.7 Å². The number of amides is 3. The second kappa shape index (κ2) is 13.3. The molecule has 3 amide bonds. The summed E-state index contributed by atoms with van der Waals surface area (Å²) in [7, 11) is 0. The fourth-order valence-corrected chi connectivity index (χ4v) is 8.73. The first kappa shape index (κ1) is 33.9. The maximum atomic E-state index is 14.1. The van der Waals surface area contributed by atoms with Crippen LogP contribution in [0.1, 0.15) is 42.4 Å². The quantitative estimate of drug-likeness (QED) is 0.415. The molecule has 5 fully saturated rings. The van der Waals surface area contributed by atoms with Crippen molar-refractivity contribution in [3.05, 3.63) is 57.6 Å². The number of halogens is 4. The molecule has 2 bridgehead atoms. The molecule has 8 rings (SSSR count). The zero-order valence-electron chi connectivity index (χ0n) is 27.0. The molecule has 11 nitrogen and oxygen atoms in total. The Morgan fingerprint density at radius 1 is 1.02 bits per heavy atom. The second-order valence-corrected chi connectivity index (χ2v) is 14.6. The molecule has 1 spiro atoms. The second-order valence-electron chi connectivity index (χ2n) is 13.7. The average molecular weight is 750 g/mol. The van der Waals surface area contributed by atoms with Gasteiger partial charge in [-0.05, 0) is 71.5 Å². The molecule has 0 aromatic heterocycles. The summed E-state index contributed by atoms with van der Waals surface area (Å²) in [5.41, 5.74) is 4.97. The number of hydrogen-bond donors (Lipinski definition) is 2. The number of piperazine rings is 1. The number of carbonyl (C=O) groups excluding carboxylic acids is 3. The monoisotopic (exact) mass is 748 g/mol. The molecule has 0 radical (unpaired) electrons. The van der Waals surface area contributed by atoms with E-state index in [1.807, 2.05) is 18.2 Å². The highest BCUT2D eigenvalue weighted by atomic mass is 79.9. The first-order valence-corrected chi connectivity index (χ1v) is 17.6. The van der Waals surface area contributed by atoms with Crippen molar-refractivity contribution in [2.75, 3.05) is 70.0 Å². The molecule has 2 aromatic rings. The van der Waals surface area contributed by atoms with Gasteiger partial charge in [0.1, 0.15) is 5.60 Å². The number of carbonyl (C=O) groups is 3. The summed E-state index contributed by atoms with van der Waals surface area (Å²) in [6.07, 6.45) is -4.67. The molecule has 264 valence electrons. The van der Waals surface area contributed by atoms with E-state index in [1.165, 1.54) is 23.8 Å². The van der Waals surface area contributed by atoms with Crippen LogP contribution in [-0.4, -0.2) is 109 Å². The van der Waals surface area contributed by atoms with Crippen molar-refractivity contribution in [3.8, 4) is 0 Å². The minimum absolute atomic E-state index is 0.0408. The summed E-state index contributed by atoms with van der Waals surface area (Å²) < 4.78 is 53.2. The van der Waals surface area contributed by atoms with Gasteiger partial charge in [-0.1, -0.05) is 18.2 Å². The Morgan fingerprint density at radius 2 is 1.71 bits per heavy atom. The summed E-state index contributed by atoms with van der Waals surface area (Å²) in [5, 5.41) is 2.71. The number of ether oxygens (including phenoxy) is 2. The number of rotatable bonds is 5. The number of benzene rings is 2. The highest BCUT2D eigenvalue weighted by Gasteiger charge is 2.46. The zero-order valence-corrected chi connectivity index (χ0v) is 28.6. The lowest BCUT2D eigenvalue weighted by molar-refractivity contribution is -0.144. The van der Waals surface area contributed by atoms with Gasteiger partial charge in [-0.2, -0.15) is 13.2 Å². The Morgan fingerprint density at radius 3 is 2.37 bits per heavy atom. The highest BCUT2D eigenvalue weighted by molar-refractivity contribution is 9.10. The molecule has 15 heteroatoms. The number of likely N-dealkylation sites (tertiary alicyclic amines) is 1. The van der Waals surface area contributed by atoms with Crippen LogP contribution in [0, 0.1) is 5.92 Å². The van der Waals surface area contributed by atoms with Crippen molar-refractivity contribution in [2.45, 2.75) is 56.0 Å². The predicted molar refractivity (Wildman–Crippen MR) is 178 cm³/mol. The number of nitrogen functional groups attached to an aromatic ring is 1. The Hall–Kier alpha value is -3.56. The standard InChI is InChI=1S/C34H40BrF3N6O5/c35-25-18-21(17-24(29(25)39)34(36,37)38)19-28(30(45)43-15-13-42(14-16-43)27-20-41-9-5-22(27)6-10-41)48-32(47)44-11-7-33(8-12-44)23-3-1-2-4-26(23)40-31(46)49-33/h1-4,17-18,22,27-28H,5-16,19-20,39H2,(H,40,46)/t27?,28-/m1/s1. The van der Waals surface area contributed by atoms with Gasteiger partial charge in [0.05, 0.1) is 16.9 Å². The van der Waals surface area contributed by atoms with Crippen LogP contribution in [0.25, 0.3) is 0 Å². The van der Waals surface area contributed by atoms with Gasteiger partial charge >= 0.3 is 18.4 Å². The molecule has 49 heavy (non-hydrogen) atoms. The maximum Gasteiger partial charge on any atom is 0.418 e. The van der Waals surface area contributed by atoms with Crippen molar-refractivity contribution in [1.82, 2.24) is 19.6 Å². The summed E-state index contributed by atoms with van der Waals surface area (Å²) in [6.45, 7) is 5.89. The number of piperidine rings is 4. The van der Waals surface area contributed by atoms with Crippen LogP contribution in [0.2, 0.25) is 0 Å². The first-order chi connectivity index (χ1) is 23.4. The summed E-state index contributed by atoms with van der Waals surface area (Å²) in [6, 6.07) is 10.1. The normalized spacial score (nSPS) is 25.7. The smallest absolute Gasteiger partial charge is 0.418 e. The highest BCUT2D eigenvalue weighted by Crippen LogP contribution is 2.44. The van der Waals surface area contributed by atoms with E-state index in [2.05, 4.69) is 31.0 Å². The summed E-state index contributed by atoms with van der Waals surface area (Å²) in [4.78, 5) is 48.1. The molecule has 6 aliphatic rings. The van der Waals surface area contributed by atoms with Crippen molar-refractivity contribution in [1.29, 1.82) is 0 Å². The van der Waals surface area contributed by atoms with E-state index in [0.717, 1.165) is 31.3 Å². The number of hydrogen-bond acceptors (Lipinski definition) is 8. The number of para-hydroxylation sites is 1. The molecule has 2 aromatic carbocycles. The van der Waals surface area contributed by atoms with Crippen LogP contribution in [-0.2, 0) is 32.5 Å². The van der Waals surface area contributed by atoms with Crippen LogP contribution < -0.4 is 11.1 Å². The van der Waals surface area contributed by atoms with Gasteiger partial charge in [0.15, 0.2) is 6.10 Å². The first-order valence-electron chi connectivity index (χ1n) is 16.9. The van der Waals surface area contributed by atoms with Gasteiger partial charge in [0.25, 0.3) is 5.91 Å². The number of fused-ring (bicyclic) bond motifs is 5. The Kier molecular flexibility index (Phi) is 9.20. The number of nitrogens with zero attached hydrogens (tertiary/aromatic N) is 4. The Labute approximate surface area is 290 Å². The molecule has 6 heterocycles. The minimum Gasteiger partial charge on any atom is -0.438 e. The average Bonchev–Trinajstić information content (AvgIpc) is 3.09. The molecular formula is C34H40BrF3N6O5. The molecule has 1 unspecified atom stereocenters. The molecule has 0 saturated carbocycles. The molecule has 2 atom stereocenters. The van der Waals surface area contributed by atoms with E-state index < -0.39 is 47.2 Å². The van der Waals surface area contributed by atoms with Crippen molar-refractivity contribution < 1.29 is 37.0 Å². The minimum atomic E-state index is -4.72. The maximum absolute atomic E-state index is 14.1. The molecular weight excluding hydrogens is 709 g/mol. The molecule has 3 N–H and O–H groups in total. The van der Waals surface area contributed by atoms with E-state index in [4.69, 9.17) is 15.2 Å². The van der Waals surface area contributed by atoms with E-state index >= 15 is 0 Å². The number of nitrogens with one attached hydrogen (secondary N) is 1. The molecule has 6 aliphatic heterocycles. The third kappa shape index (κ3) is 6.81. The SMILES string of the molecule is Nc1c(Br)cc(C[C@@H](OC(=O)N2CCC3(CC2)OC(=O)Nc2ccccc23)C(=O)N2CCN(C3CN4CCC3CC4)CC2)cc1C(F)(F)F. The van der Waals surface area contributed by atoms with Crippen LogP contribution in [0.4, 0.5) is 34.1 Å². The Balaban J connectivity index is 1.07. The lowest BCUT2D eigenvalue weighted by atomic mass is 9.82. The number of nitrogens with two attached hydrogens (primary N) is 1. The molecule has 0 aliphatic carbocycles. The lowest BCUT2D eigenvalue weighted by Crippen LogP contribution is -2.62. The lowest BCUT2D eigenvalue weighted by Gasteiger charge is -2.51. The van der Waals surface area contributed by atoms with E-state index in [-0.39, 0.29) is 29.5 Å². The van der Waals surface area contributed by atoms with Gasteiger partial charge in [-0.15, -0.1) is 0 Å². The fourth-order valence-electron chi connectivity index (χ4n) is 8.22. The van der Waals surface area contributed by atoms with Crippen molar-refractivity contribution in [2.24, 2.45) is 5.92 Å². The van der Waals surface area contributed by atoms with Gasteiger partial charge in [0, 0.05) is 81.2 Å². The topological polar surface area (TPSA) is 121 Å².